The van der Waals surface area contributed by atoms with E-state index in [0.29, 0.717) is 0 Å². The average Bonchev–Trinajstić information content (AvgIpc) is 2.25. The third-order valence-corrected chi connectivity index (χ3v) is 2.59. The highest BCUT2D eigenvalue weighted by atomic mass is 79.9. The lowest BCUT2D eigenvalue weighted by Crippen LogP contribution is -2.34. The maximum Gasteiger partial charge on any atom is 0.418 e. The molecule has 0 heterocycles. The number of carbonyl (C=O) groups is 1. The largest absolute Gasteiger partial charge is 0.418 e. The fraction of sp³-hybridized carbons (Fsp3) is 0.300. The normalized spacial score (nSPS) is 13.2. The molecule has 0 saturated carbocycles. The SMILES string of the molecule is NC(=O)C(O)CNc1ccc(Br)cc1C(F)(F)F. The Kier molecular flexibility index (Phi) is 4.58. The van der Waals surface area contributed by atoms with Crippen molar-refractivity contribution in [3.05, 3.63) is 28.2 Å². The number of alkyl halides is 3. The van der Waals surface area contributed by atoms with Crippen LogP contribution in [0.2, 0.25) is 0 Å². The van der Waals surface area contributed by atoms with Crippen LogP contribution in [0.3, 0.4) is 0 Å². The van der Waals surface area contributed by atoms with Crippen LogP contribution in [-0.4, -0.2) is 23.7 Å². The molecule has 1 aromatic rings. The molecule has 0 aliphatic rings. The molecule has 1 atom stereocenters. The number of benzene rings is 1. The van der Waals surface area contributed by atoms with E-state index in [0.717, 1.165) is 6.07 Å². The summed E-state index contributed by atoms with van der Waals surface area (Å²) < 4.78 is 38.4. The van der Waals surface area contributed by atoms with E-state index in [2.05, 4.69) is 21.2 Å². The summed E-state index contributed by atoms with van der Waals surface area (Å²) in [5.74, 6) is -1.01. The summed E-state index contributed by atoms with van der Waals surface area (Å²) in [5, 5.41) is 11.4. The highest BCUT2D eigenvalue weighted by Crippen LogP contribution is 2.36. The van der Waals surface area contributed by atoms with Crippen molar-refractivity contribution in [1.82, 2.24) is 0 Å². The Morgan fingerprint density at radius 1 is 1.50 bits per heavy atom. The van der Waals surface area contributed by atoms with Crippen molar-refractivity contribution < 1.29 is 23.1 Å². The minimum Gasteiger partial charge on any atom is -0.381 e. The molecule has 1 amide bonds. The van der Waals surface area contributed by atoms with Gasteiger partial charge < -0.3 is 16.2 Å². The number of amides is 1. The van der Waals surface area contributed by atoms with Gasteiger partial charge in [0.1, 0.15) is 6.10 Å². The van der Waals surface area contributed by atoms with E-state index >= 15 is 0 Å². The van der Waals surface area contributed by atoms with Crippen LogP contribution in [0.5, 0.6) is 0 Å². The molecule has 1 rings (SSSR count). The Bertz CT molecular complexity index is 451. The van der Waals surface area contributed by atoms with Crippen molar-refractivity contribution in [3.63, 3.8) is 0 Å². The molecule has 18 heavy (non-hydrogen) atoms. The van der Waals surface area contributed by atoms with Crippen LogP contribution in [0, 0.1) is 0 Å². The number of carbonyl (C=O) groups excluding carboxylic acids is 1. The van der Waals surface area contributed by atoms with Crippen LogP contribution >= 0.6 is 15.9 Å². The van der Waals surface area contributed by atoms with Crippen LogP contribution in [0.25, 0.3) is 0 Å². The lowest BCUT2D eigenvalue weighted by atomic mass is 10.1. The third kappa shape index (κ3) is 3.88. The van der Waals surface area contributed by atoms with Gasteiger partial charge in [0.15, 0.2) is 0 Å². The molecule has 0 aliphatic carbocycles. The van der Waals surface area contributed by atoms with Gasteiger partial charge in [-0.25, -0.2) is 0 Å². The first-order valence-electron chi connectivity index (χ1n) is 4.80. The molecular weight excluding hydrogens is 317 g/mol. The molecule has 8 heteroatoms. The summed E-state index contributed by atoms with van der Waals surface area (Å²) in [7, 11) is 0. The number of rotatable bonds is 4. The van der Waals surface area contributed by atoms with Crippen LogP contribution in [0.1, 0.15) is 5.56 Å². The molecule has 4 N–H and O–H groups in total. The van der Waals surface area contributed by atoms with Gasteiger partial charge in [-0.3, -0.25) is 4.79 Å². The molecule has 0 aliphatic heterocycles. The van der Waals surface area contributed by atoms with Crippen molar-refractivity contribution >= 4 is 27.5 Å². The second kappa shape index (κ2) is 5.57. The van der Waals surface area contributed by atoms with Gasteiger partial charge in [-0.1, -0.05) is 15.9 Å². The van der Waals surface area contributed by atoms with E-state index in [4.69, 9.17) is 10.8 Å². The number of primary amides is 1. The molecule has 0 radical (unpaired) electrons. The first-order chi connectivity index (χ1) is 8.21. The van der Waals surface area contributed by atoms with E-state index in [9.17, 15) is 18.0 Å². The average molecular weight is 327 g/mol. The number of halogens is 4. The summed E-state index contributed by atoms with van der Waals surface area (Å²) in [6.45, 7) is -0.389. The van der Waals surface area contributed by atoms with Crippen LogP contribution in [-0.2, 0) is 11.0 Å². The number of hydrogen-bond acceptors (Lipinski definition) is 3. The highest BCUT2D eigenvalue weighted by Gasteiger charge is 2.33. The monoisotopic (exact) mass is 326 g/mol. The molecular formula is C10H10BrF3N2O2. The molecule has 0 bridgehead atoms. The number of aliphatic hydroxyl groups excluding tert-OH is 1. The fourth-order valence-electron chi connectivity index (χ4n) is 1.21. The van der Waals surface area contributed by atoms with E-state index in [1.807, 2.05) is 0 Å². The van der Waals surface area contributed by atoms with Crippen molar-refractivity contribution in [3.8, 4) is 0 Å². The summed E-state index contributed by atoms with van der Waals surface area (Å²) in [6, 6.07) is 3.51. The Balaban J connectivity index is 2.92. The van der Waals surface area contributed by atoms with E-state index in [-0.39, 0.29) is 16.7 Å². The number of nitrogens with one attached hydrogen (secondary N) is 1. The maximum absolute atomic E-state index is 12.7. The maximum atomic E-state index is 12.7. The minimum absolute atomic E-state index is 0.231. The minimum atomic E-state index is -4.54. The molecule has 1 aromatic carbocycles. The zero-order valence-electron chi connectivity index (χ0n) is 8.96. The number of hydrogen-bond donors (Lipinski definition) is 3. The second-order valence-electron chi connectivity index (χ2n) is 3.49. The van der Waals surface area contributed by atoms with Gasteiger partial charge in [-0.2, -0.15) is 13.2 Å². The van der Waals surface area contributed by atoms with Gasteiger partial charge in [0.25, 0.3) is 0 Å². The predicted octanol–water partition coefficient (Wildman–Crippen LogP) is 1.73. The third-order valence-electron chi connectivity index (χ3n) is 2.10. The number of aliphatic hydroxyl groups is 1. The van der Waals surface area contributed by atoms with Gasteiger partial charge in [-0.15, -0.1) is 0 Å². The molecule has 0 fully saturated rings. The number of anilines is 1. The highest BCUT2D eigenvalue weighted by molar-refractivity contribution is 9.10. The summed E-state index contributed by atoms with van der Waals surface area (Å²) in [5.41, 5.74) is 3.66. The van der Waals surface area contributed by atoms with Crippen molar-refractivity contribution in [2.45, 2.75) is 12.3 Å². The van der Waals surface area contributed by atoms with Crippen LogP contribution in [0.4, 0.5) is 18.9 Å². The van der Waals surface area contributed by atoms with Crippen molar-refractivity contribution in [2.75, 3.05) is 11.9 Å². The van der Waals surface area contributed by atoms with Gasteiger partial charge >= 0.3 is 6.18 Å². The second-order valence-corrected chi connectivity index (χ2v) is 4.40. The summed E-state index contributed by atoms with van der Waals surface area (Å²) >= 11 is 2.94. The molecule has 0 aromatic heterocycles. The van der Waals surface area contributed by atoms with E-state index in [1.165, 1.54) is 12.1 Å². The van der Waals surface area contributed by atoms with Gasteiger partial charge in [-0.05, 0) is 18.2 Å². The zero-order chi connectivity index (χ0) is 13.9. The molecule has 1 unspecified atom stereocenters. The van der Waals surface area contributed by atoms with Crippen molar-refractivity contribution in [2.24, 2.45) is 5.73 Å². The molecule has 4 nitrogen and oxygen atoms in total. The molecule has 0 saturated heterocycles. The lowest BCUT2D eigenvalue weighted by molar-refractivity contribution is -0.137. The Morgan fingerprint density at radius 3 is 2.61 bits per heavy atom. The Morgan fingerprint density at radius 2 is 2.11 bits per heavy atom. The van der Waals surface area contributed by atoms with E-state index in [1.54, 1.807) is 0 Å². The quantitative estimate of drug-likeness (QED) is 0.788. The lowest BCUT2D eigenvalue weighted by Gasteiger charge is -2.16. The summed E-state index contributed by atoms with van der Waals surface area (Å²) in [6.07, 6.45) is -6.08. The topological polar surface area (TPSA) is 75.4 Å². The van der Waals surface area contributed by atoms with Gasteiger partial charge in [0.2, 0.25) is 5.91 Å². The summed E-state index contributed by atoms with van der Waals surface area (Å²) in [4.78, 5) is 10.6. The van der Waals surface area contributed by atoms with Crippen molar-refractivity contribution in [1.29, 1.82) is 0 Å². The first-order valence-corrected chi connectivity index (χ1v) is 5.59. The van der Waals surface area contributed by atoms with E-state index < -0.39 is 23.8 Å². The smallest absolute Gasteiger partial charge is 0.381 e. The van der Waals surface area contributed by atoms with Gasteiger partial charge in [0.05, 0.1) is 5.56 Å². The first kappa shape index (κ1) is 14.8. The Labute approximate surface area is 109 Å². The molecule has 0 spiro atoms. The fourth-order valence-corrected chi connectivity index (χ4v) is 1.57. The van der Waals surface area contributed by atoms with Crippen LogP contribution < -0.4 is 11.1 Å². The molecule has 100 valence electrons. The van der Waals surface area contributed by atoms with Gasteiger partial charge in [0, 0.05) is 16.7 Å². The van der Waals surface area contributed by atoms with Crippen LogP contribution in [0.15, 0.2) is 22.7 Å². The standard InChI is InChI=1S/C10H10BrF3N2O2/c11-5-1-2-7(6(3-5)10(12,13)14)16-4-8(17)9(15)18/h1-3,8,16-17H,4H2,(H2,15,18). The Hall–Kier alpha value is -1.28. The predicted molar refractivity (Wildman–Crippen MR) is 62.8 cm³/mol. The number of nitrogens with two attached hydrogens (primary N) is 1. The zero-order valence-corrected chi connectivity index (χ0v) is 10.5.